The molecule has 0 aliphatic rings. The Labute approximate surface area is 132 Å². The summed E-state index contributed by atoms with van der Waals surface area (Å²) in [6, 6.07) is 7.39. The molecular formula is C16H18N4O3. The van der Waals surface area contributed by atoms with Gasteiger partial charge in [-0.15, -0.1) is 0 Å². The van der Waals surface area contributed by atoms with E-state index in [4.69, 9.17) is 9.26 Å². The van der Waals surface area contributed by atoms with Gasteiger partial charge in [0.05, 0.1) is 18.0 Å². The Morgan fingerprint density at radius 1 is 1.30 bits per heavy atom. The summed E-state index contributed by atoms with van der Waals surface area (Å²) in [5.41, 5.74) is 2.08. The maximum absolute atomic E-state index is 12.2. The lowest BCUT2D eigenvalue weighted by molar-refractivity contribution is 0.338. The molecule has 3 aromatic rings. The van der Waals surface area contributed by atoms with Crippen LogP contribution in [0.1, 0.15) is 29.8 Å². The number of hydrogen-bond donors (Lipinski definition) is 1. The third-order valence-electron chi connectivity index (χ3n) is 3.66. The van der Waals surface area contributed by atoms with Gasteiger partial charge in [-0.05, 0) is 32.9 Å². The molecule has 2 heterocycles. The van der Waals surface area contributed by atoms with Crippen LogP contribution in [0, 0.1) is 13.8 Å². The van der Waals surface area contributed by atoms with E-state index in [1.54, 1.807) is 0 Å². The fourth-order valence-electron chi connectivity index (χ4n) is 2.53. The van der Waals surface area contributed by atoms with Gasteiger partial charge in [0.2, 0.25) is 0 Å². The minimum absolute atomic E-state index is 0.307. The van der Waals surface area contributed by atoms with Crippen LogP contribution in [-0.4, -0.2) is 26.5 Å². The lowest BCUT2D eigenvalue weighted by Gasteiger charge is -2.11. The standard InChI is InChI=1S/C16H18N4O3/c1-4-22-14-8-6-5-7-13(14)20-15(17-18-16(20)21)9-12-10(2)19-23-11(12)3/h5-8H,4,9H2,1-3H3,(H,18,21). The van der Waals surface area contributed by atoms with E-state index >= 15 is 0 Å². The number of para-hydroxylation sites is 2. The van der Waals surface area contributed by atoms with E-state index in [2.05, 4.69) is 15.4 Å². The first-order valence-corrected chi connectivity index (χ1v) is 7.42. The third kappa shape index (κ3) is 2.77. The second-order valence-corrected chi connectivity index (χ2v) is 5.16. The summed E-state index contributed by atoms with van der Waals surface area (Å²) < 4.78 is 12.3. The van der Waals surface area contributed by atoms with Crippen molar-refractivity contribution < 1.29 is 9.26 Å². The number of nitrogens with zero attached hydrogens (tertiary/aromatic N) is 3. The number of aromatic amines is 1. The molecule has 7 heteroatoms. The van der Waals surface area contributed by atoms with Crippen LogP contribution in [0.5, 0.6) is 5.75 Å². The van der Waals surface area contributed by atoms with Crippen molar-refractivity contribution in [3.05, 3.63) is 57.6 Å². The van der Waals surface area contributed by atoms with Gasteiger partial charge in [-0.25, -0.2) is 14.5 Å². The minimum Gasteiger partial charge on any atom is -0.492 e. The molecule has 0 aliphatic heterocycles. The number of aryl methyl sites for hydroxylation is 2. The Balaban J connectivity index is 2.08. The van der Waals surface area contributed by atoms with Gasteiger partial charge in [0, 0.05) is 12.0 Å². The normalized spacial score (nSPS) is 10.9. The van der Waals surface area contributed by atoms with E-state index in [1.807, 2.05) is 45.0 Å². The van der Waals surface area contributed by atoms with Crippen molar-refractivity contribution in [3.63, 3.8) is 0 Å². The van der Waals surface area contributed by atoms with E-state index in [9.17, 15) is 4.79 Å². The average Bonchev–Trinajstić information content (AvgIpc) is 3.06. The number of H-pyrrole nitrogens is 1. The molecule has 1 N–H and O–H groups in total. The van der Waals surface area contributed by atoms with Gasteiger partial charge in [0.15, 0.2) is 0 Å². The first kappa shape index (κ1) is 15.1. The van der Waals surface area contributed by atoms with Gasteiger partial charge in [-0.2, -0.15) is 5.10 Å². The van der Waals surface area contributed by atoms with E-state index in [0.29, 0.717) is 30.3 Å². The second-order valence-electron chi connectivity index (χ2n) is 5.16. The van der Waals surface area contributed by atoms with Crippen molar-refractivity contribution in [2.75, 3.05) is 6.61 Å². The number of benzene rings is 1. The van der Waals surface area contributed by atoms with Crippen LogP contribution in [0.15, 0.2) is 33.6 Å². The van der Waals surface area contributed by atoms with Crippen molar-refractivity contribution >= 4 is 0 Å². The molecule has 0 unspecified atom stereocenters. The summed E-state index contributed by atoms with van der Waals surface area (Å²) >= 11 is 0. The van der Waals surface area contributed by atoms with Crippen LogP contribution >= 0.6 is 0 Å². The van der Waals surface area contributed by atoms with E-state index in [1.165, 1.54) is 4.57 Å². The van der Waals surface area contributed by atoms with Crippen LogP contribution in [0.4, 0.5) is 0 Å². The molecule has 0 saturated heterocycles. The van der Waals surface area contributed by atoms with Crippen LogP contribution in [0.25, 0.3) is 5.69 Å². The Bertz CT molecular complexity index is 856. The van der Waals surface area contributed by atoms with E-state index < -0.39 is 0 Å². The Hall–Kier alpha value is -2.83. The van der Waals surface area contributed by atoms with Gasteiger partial charge in [0.25, 0.3) is 0 Å². The molecule has 2 aromatic heterocycles. The highest BCUT2D eigenvalue weighted by atomic mass is 16.5. The summed E-state index contributed by atoms with van der Waals surface area (Å²) in [6.07, 6.45) is 0.445. The van der Waals surface area contributed by atoms with Crippen molar-refractivity contribution in [2.24, 2.45) is 0 Å². The van der Waals surface area contributed by atoms with Crippen molar-refractivity contribution in [1.82, 2.24) is 19.9 Å². The van der Waals surface area contributed by atoms with Gasteiger partial charge in [-0.1, -0.05) is 17.3 Å². The van der Waals surface area contributed by atoms with Crippen molar-refractivity contribution in [1.29, 1.82) is 0 Å². The smallest absolute Gasteiger partial charge is 0.348 e. The molecule has 0 aliphatic carbocycles. The molecule has 3 rings (SSSR count). The molecule has 0 saturated carbocycles. The predicted molar refractivity (Wildman–Crippen MR) is 84.1 cm³/mol. The lowest BCUT2D eigenvalue weighted by Crippen LogP contribution is -2.18. The Kier molecular flexibility index (Phi) is 4.01. The number of aromatic nitrogens is 4. The zero-order valence-electron chi connectivity index (χ0n) is 13.3. The Morgan fingerprint density at radius 2 is 2.09 bits per heavy atom. The second kappa shape index (κ2) is 6.12. The zero-order valence-corrected chi connectivity index (χ0v) is 13.3. The van der Waals surface area contributed by atoms with Gasteiger partial charge < -0.3 is 9.26 Å². The monoisotopic (exact) mass is 314 g/mol. The summed E-state index contributed by atoms with van der Waals surface area (Å²) in [6.45, 7) is 6.14. The molecule has 0 amide bonds. The van der Waals surface area contributed by atoms with Crippen LogP contribution in [0.3, 0.4) is 0 Å². The van der Waals surface area contributed by atoms with Gasteiger partial charge in [-0.3, -0.25) is 0 Å². The first-order valence-electron chi connectivity index (χ1n) is 7.42. The lowest BCUT2D eigenvalue weighted by atomic mass is 10.1. The average molecular weight is 314 g/mol. The number of ether oxygens (including phenoxy) is 1. The van der Waals surface area contributed by atoms with Crippen LogP contribution < -0.4 is 10.4 Å². The topological polar surface area (TPSA) is 85.9 Å². The SMILES string of the molecule is CCOc1ccccc1-n1c(Cc2c(C)noc2C)n[nH]c1=O. The number of hydrogen-bond acceptors (Lipinski definition) is 5. The van der Waals surface area contributed by atoms with Crippen LogP contribution in [-0.2, 0) is 6.42 Å². The van der Waals surface area contributed by atoms with E-state index in [-0.39, 0.29) is 5.69 Å². The molecule has 120 valence electrons. The molecule has 0 fully saturated rings. The Morgan fingerprint density at radius 3 is 2.78 bits per heavy atom. The largest absolute Gasteiger partial charge is 0.492 e. The maximum Gasteiger partial charge on any atom is 0.348 e. The zero-order chi connectivity index (χ0) is 16.4. The molecule has 7 nitrogen and oxygen atoms in total. The maximum atomic E-state index is 12.2. The highest BCUT2D eigenvalue weighted by Crippen LogP contribution is 2.24. The highest BCUT2D eigenvalue weighted by molar-refractivity contribution is 5.47. The highest BCUT2D eigenvalue weighted by Gasteiger charge is 2.18. The van der Waals surface area contributed by atoms with Gasteiger partial charge in [0.1, 0.15) is 17.3 Å². The molecule has 23 heavy (non-hydrogen) atoms. The molecule has 0 spiro atoms. The fourth-order valence-corrected chi connectivity index (χ4v) is 2.53. The van der Waals surface area contributed by atoms with Crippen LogP contribution in [0.2, 0.25) is 0 Å². The first-order chi connectivity index (χ1) is 11.1. The molecule has 0 radical (unpaired) electrons. The van der Waals surface area contributed by atoms with E-state index in [0.717, 1.165) is 17.0 Å². The summed E-state index contributed by atoms with van der Waals surface area (Å²) in [4.78, 5) is 12.2. The molecule has 0 atom stereocenters. The molecule has 1 aromatic carbocycles. The van der Waals surface area contributed by atoms with Gasteiger partial charge >= 0.3 is 5.69 Å². The number of rotatable bonds is 5. The van der Waals surface area contributed by atoms with Crippen molar-refractivity contribution in [3.8, 4) is 11.4 Å². The minimum atomic E-state index is -0.307. The number of nitrogens with one attached hydrogen (secondary N) is 1. The summed E-state index contributed by atoms with van der Waals surface area (Å²) in [5.74, 6) is 1.94. The third-order valence-corrected chi connectivity index (χ3v) is 3.66. The summed E-state index contributed by atoms with van der Waals surface area (Å²) in [5, 5.41) is 10.6. The molecular weight excluding hydrogens is 296 g/mol. The molecule has 0 bridgehead atoms. The quantitative estimate of drug-likeness (QED) is 0.780. The predicted octanol–water partition coefficient (Wildman–Crippen LogP) is 2.15. The fraction of sp³-hybridized carbons (Fsp3) is 0.312. The summed E-state index contributed by atoms with van der Waals surface area (Å²) in [7, 11) is 0. The van der Waals surface area contributed by atoms with Crippen molar-refractivity contribution in [2.45, 2.75) is 27.2 Å².